The van der Waals surface area contributed by atoms with Gasteiger partial charge in [-0.3, -0.25) is 4.79 Å². The lowest BCUT2D eigenvalue weighted by Gasteiger charge is -2.09. The van der Waals surface area contributed by atoms with Gasteiger partial charge in [-0.15, -0.1) is 11.6 Å². The van der Waals surface area contributed by atoms with Crippen molar-refractivity contribution >= 4 is 23.2 Å². The zero-order valence-corrected chi connectivity index (χ0v) is 13.2. The Kier molecular flexibility index (Phi) is 5.40. The predicted octanol–water partition coefficient (Wildman–Crippen LogP) is 4.73. The Morgan fingerprint density at radius 1 is 1.14 bits per heavy atom. The highest BCUT2D eigenvalue weighted by molar-refractivity contribution is 6.17. The Morgan fingerprint density at radius 3 is 2.67 bits per heavy atom. The van der Waals surface area contributed by atoms with Crippen molar-refractivity contribution in [2.24, 2.45) is 0 Å². The summed E-state index contributed by atoms with van der Waals surface area (Å²) in [6.07, 6.45) is 1.87. The summed E-state index contributed by atoms with van der Waals surface area (Å²) in [6.45, 7) is 3.98. The van der Waals surface area contributed by atoms with Crippen LogP contribution in [0.25, 0.3) is 0 Å². The molecule has 0 aliphatic carbocycles. The molecule has 2 aromatic rings. The lowest BCUT2D eigenvalue weighted by molar-refractivity contribution is 0.102. The molecule has 1 amide bonds. The van der Waals surface area contributed by atoms with E-state index in [1.54, 1.807) is 0 Å². The molecule has 0 atom stereocenters. The first-order valence-corrected chi connectivity index (χ1v) is 7.67. The van der Waals surface area contributed by atoms with Crippen LogP contribution in [0, 0.1) is 13.8 Å². The van der Waals surface area contributed by atoms with Gasteiger partial charge in [0.05, 0.1) is 0 Å². The Hall–Kier alpha value is -1.80. The molecule has 110 valence electrons. The molecule has 3 heteroatoms. The van der Waals surface area contributed by atoms with Crippen LogP contribution in [0.5, 0.6) is 0 Å². The molecule has 0 saturated heterocycles. The van der Waals surface area contributed by atoms with E-state index < -0.39 is 0 Å². The minimum absolute atomic E-state index is 0.0676. The quantitative estimate of drug-likeness (QED) is 0.795. The van der Waals surface area contributed by atoms with Gasteiger partial charge in [0.2, 0.25) is 0 Å². The number of alkyl halides is 1. The van der Waals surface area contributed by atoms with E-state index >= 15 is 0 Å². The van der Waals surface area contributed by atoms with Gasteiger partial charge in [-0.05, 0) is 56.0 Å². The van der Waals surface area contributed by atoms with Crippen molar-refractivity contribution in [1.29, 1.82) is 0 Å². The van der Waals surface area contributed by atoms with Gasteiger partial charge in [0, 0.05) is 17.1 Å². The van der Waals surface area contributed by atoms with Crippen LogP contribution in [0.3, 0.4) is 0 Å². The number of aryl methyl sites for hydroxylation is 3. The number of rotatable bonds is 5. The molecule has 21 heavy (non-hydrogen) atoms. The van der Waals surface area contributed by atoms with Crippen molar-refractivity contribution in [3.63, 3.8) is 0 Å². The zero-order valence-electron chi connectivity index (χ0n) is 12.4. The van der Waals surface area contributed by atoms with E-state index in [1.165, 1.54) is 5.56 Å². The zero-order chi connectivity index (χ0) is 15.2. The van der Waals surface area contributed by atoms with Gasteiger partial charge in [-0.1, -0.05) is 29.8 Å². The second kappa shape index (κ2) is 7.28. The Morgan fingerprint density at radius 2 is 1.95 bits per heavy atom. The second-order valence-corrected chi connectivity index (χ2v) is 5.64. The molecule has 2 aromatic carbocycles. The average molecular weight is 302 g/mol. The van der Waals surface area contributed by atoms with Gasteiger partial charge in [-0.25, -0.2) is 0 Å². The standard InChI is InChI=1S/C18H20ClNO/c1-13-8-9-17(14(2)11-13)18(21)20-16-7-3-5-15(12-16)6-4-10-19/h3,5,7-9,11-12H,4,6,10H2,1-2H3,(H,20,21). The van der Waals surface area contributed by atoms with Crippen LogP contribution in [-0.4, -0.2) is 11.8 Å². The van der Waals surface area contributed by atoms with Crippen LogP contribution in [0.4, 0.5) is 5.69 Å². The molecule has 0 radical (unpaired) electrons. The van der Waals surface area contributed by atoms with Gasteiger partial charge in [-0.2, -0.15) is 0 Å². The fraction of sp³-hybridized carbons (Fsp3) is 0.278. The fourth-order valence-corrected chi connectivity index (χ4v) is 2.48. The van der Waals surface area contributed by atoms with E-state index in [4.69, 9.17) is 11.6 Å². The molecular weight excluding hydrogens is 282 g/mol. The summed E-state index contributed by atoms with van der Waals surface area (Å²) in [5.74, 6) is 0.584. The highest BCUT2D eigenvalue weighted by Crippen LogP contribution is 2.16. The monoisotopic (exact) mass is 301 g/mol. The van der Waals surface area contributed by atoms with Gasteiger partial charge < -0.3 is 5.32 Å². The maximum Gasteiger partial charge on any atom is 0.255 e. The number of halogens is 1. The molecule has 1 N–H and O–H groups in total. The molecular formula is C18H20ClNO. The lowest BCUT2D eigenvalue weighted by Crippen LogP contribution is -2.13. The Balaban J connectivity index is 2.12. The highest BCUT2D eigenvalue weighted by Gasteiger charge is 2.09. The van der Waals surface area contributed by atoms with Crippen LogP contribution in [0.15, 0.2) is 42.5 Å². The van der Waals surface area contributed by atoms with E-state index in [0.29, 0.717) is 11.4 Å². The molecule has 2 nitrogen and oxygen atoms in total. The molecule has 0 unspecified atom stereocenters. The van der Waals surface area contributed by atoms with E-state index in [-0.39, 0.29) is 5.91 Å². The second-order valence-electron chi connectivity index (χ2n) is 5.27. The molecule has 0 fully saturated rings. The summed E-state index contributed by atoms with van der Waals surface area (Å²) in [7, 11) is 0. The van der Waals surface area contributed by atoms with E-state index in [9.17, 15) is 4.79 Å². The number of anilines is 1. The van der Waals surface area contributed by atoms with Crippen LogP contribution in [0.1, 0.15) is 33.5 Å². The first kappa shape index (κ1) is 15.6. The van der Waals surface area contributed by atoms with Crippen LogP contribution in [0.2, 0.25) is 0 Å². The topological polar surface area (TPSA) is 29.1 Å². The van der Waals surface area contributed by atoms with Gasteiger partial charge >= 0.3 is 0 Å². The number of hydrogen-bond acceptors (Lipinski definition) is 1. The molecule has 2 rings (SSSR count). The number of nitrogens with one attached hydrogen (secondary N) is 1. The summed E-state index contributed by atoms with van der Waals surface area (Å²) >= 11 is 5.72. The summed E-state index contributed by atoms with van der Waals surface area (Å²) < 4.78 is 0. The van der Waals surface area contributed by atoms with Crippen molar-refractivity contribution < 1.29 is 4.79 Å². The first-order chi connectivity index (χ1) is 10.1. The highest BCUT2D eigenvalue weighted by atomic mass is 35.5. The van der Waals surface area contributed by atoms with Gasteiger partial charge in [0.15, 0.2) is 0 Å². The number of carbonyl (C=O) groups excluding carboxylic acids is 1. The largest absolute Gasteiger partial charge is 0.322 e. The van der Waals surface area contributed by atoms with E-state index in [1.807, 2.05) is 50.2 Å². The SMILES string of the molecule is Cc1ccc(C(=O)Nc2cccc(CCCCl)c2)c(C)c1. The summed E-state index contributed by atoms with van der Waals surface area (Å²) in [4.78, 5) is 12.3. The first-order valence-electron chi connectivity index (χ1n) is 7.13. The molecule has 0 spiro atoms. The van der Waals surface area contributed by atoms with Crippen molar-refractivity contribution in [2.75, 3.05) is 11.2 Å². The number of benzene rings is 2. The molecule has 0 aliphatic heterocycles. The average Bonchev–Trinajstić information content (AvgIpc) is 2.45. The summed E-state index contributed by atoms with van der Waals surface area (Å²) in [5, 5.41) is 2.96. The smallest absolute Gasteiger partial charge is 0.255 e. The summed E-state index contributed by atoms with van der Waals surface area (Å²) in [6, 6.07) is 13.8. The third-order valence-electron chi connectivity index (χ3n) is 3.41. The minimum Gasteiger partial charge on any atom is -0.322 e. The predicted molar refractivity (Wildman–Crippen MR) is 89.4 cm³/mol. The minimum atomic E-state index is -0.0676. The fourth-order valence-electron chi connectivity index (χ4n) is 2.34. The third-order valence-corrected chi connectivity index (χ3v) is 3.68. The maximum absolute atomic E-state index is 12.3. The van der Waals surface area contributed by atoms with Crippen molar-refractivity contribution in [1.82, 2.24) is 0 Å². The van der Waals surface area contributed by atoms with Crippen LogP contribution in [-0.2, 0) is 6.42 Å². The van der Waals surface area contributed by atoms with E-state index in [0.717, 1.165) is 29.7 Å². The van der Waals surface area contributed by atoms with E-state index in [2.05, 4.69) is 11.4 Å². The molecule has 0 heterocycles. The van der Waals surface area contributed by atoms with Gasteiger partial charge in [0.25, 0.3) is 5.91 Å². The third kappa shape index (κ3) is 4.33. The Bertz CT molecular complexity index is 637. The molecule has 0 bridgehead atoms. The molecule has 0 aromatic heterocycles. The normalized spacial score (nSPS) is 10.4. The Labute approximate surface area is 131 Å². The van der Waals surface area contributed by atoms with Crippen molar-refractivity contribution in [3.8, 4) is 0 Å². The van der Waals surface area contributed by atoms with Gasteiger partial charge in [0.1, 0.15) is 0 Å². The van der Waals surface area contributed by atoms with Crippen molar-refractivity contribution in [2.45, 2.75) is 26.7 Å². The number of amides is 1. The van der Waals surface area contributed by atoms with Crippen LogP contribution >= 0.6 is 11.6 Å². The van der Waals surface area contributed by atoms with Crippen molar-refractivity contribution in [3.05, 3.63) is 64.7 Å². The number of carbonyl (C=O) groups is 1. The molecule has 0 aliphatic rings. The number of hydrogen-bond donors (Lipinski definition) is 1. The summed E-state index contributed by atoms with van der Waals surface area (Å²) in [5.41, 5.74) is 4.88. The molecule has 0 saturated carbocycles. The van der Waals surface area contributed by atoms with Crippen LogP contribution < -0.4 is 5.32 Å². The lowest BCUT2D eigenvalue weighted by atomic mass is 10.0. The maximum atomic E-state index is 12.3.